The van der Waals surface area contributed by atoms with Crippen LogP contribution in [0.4, 0.5) is 5.13 Å². The Morgan fingerprint density at radius 3 is 2.57 bits per heavy atom. The molecule has 2 heterocycles. The van der Waals surface area contributed by atoms with Gasteiger partial charge in [-0.2, -0.15) is 0 Å². The van der Waals surface area contributed by atoms with Crippen LogP contribution in [0, 0.1) is 5.92 Å². The van der Waals surface area contributed by atoms with Gasteiger partial charge >= 0.3 is 0 Å². The molecule has 4 nitrogen and oxygen atoms in total. The number of carbonyl (C=O) groups is 1. The summed E-state index contributed by atoms with van der Waals surface area (Å²) in [5.74, 6) is 0.705. The lowest BCUT2D eigenvalue weighted by Gasteiger charge is -2.25. The van der Waals surface area contributed by atoms with Gasteiger partial charge in [-0.15, -0.1) is 11.3 Å². The Bertz CT molecular complexity index is 440. The molecule has 0 radical (unpaired) electrons. The van der Waals surface area contributed by atoms with Gasteiger partial charge in [-0.05, 0) is 19.3 Å². The molecule has 5 heteroatoms. The fourth-order valence-electron chi connectivity index (χ4n) is 3.49. The third kappa shape index (κ3) is 3.76. The largest absolute Gasteiger partial charge is 0.346 e. The Kier molecular flexibility index (Phi) is 5.12. The highest BCUT2D eigenvalue weighted by molar-refractivity contribution is 7.13. The number of hydrogen-bond donors (Lipinski definition) is 0. The predicted molar refractivity (Wildman–Crippen MR) is 86.7 cm³/mol. The van der Waals surface area contributed by atoms with E-state index in [1.54, 1.807) is 11.3 Å². The third-order valence-corrected chi connectivity index (χ3v) is 5.53. The number of rotatable bonds is 2. The maximum absolute atomic E-state index is 12.7. The molecule has 21 heavy (non-hydrogen) atoms. The summed E-state index contributed by atoms with van der Waals surface area (Å²) >= 11 is 1.69. The summed E-state index contributed by atoms with van der Waals surface area (Å²) in [6.45, 7) is 3.71. The lowest BCUT2D eigenvalue weighted by molar-refractivity contribution is -0.135. The lowest BCUT2D eigenvalue weighted by atomic mass is 9.98. The smallest absolute Gasteiger partial charge is 0.225 e. The number of thiazole rings is 1. The molecule has 1 saturated heterocycles. The summed E-state index contributed by atoms with van der Waals surface area (Å²) in [6, 6.07) is 0. The molecular formula is C16H25N3OS. The molecule has 2 fully saturated rings. The van der Waals surface area contributed by atoms with Gasteiger partial charge in [0.05, 0.1) is 0 Å². The molecule has 0 aromatic carbocycles. The average Bonchev–Trinajstić information content (AvgIpc) is 2.78. The summed E-state index contributed by atoms with van der Waals surface area (Å²) in [7, 11) is 0. The standard InChI is InChI=1S/C16H25N3OS/c20-15(14-6-3-1-2-4-7-14)18-9-5-10-19(12-11-18)16-17-8-13-21-16/h8,13-14H,1-7,9-12H2. The molecule has 3 rings (SSSR count). The third-order valence-electron chi connectivity index (χ3n) is 4.70. The summed E-state index contributed by atoms with van der Waals surface area (Å²) in [5, 5.41) is 3.12. The number of nitrogens with zero attached hydrogens (tertiary/aromatic N) is 3. The van der Waals surface area contributed by atoms with E-state index in [0.717, 1.165) is 50.6 Å². The molecule has 1 aromatic rings. The second-order valence-electron chi connectivity index (χ2n) is 6.17. The van der Waals surface area contributed by atoms with Crippen LogP contribution in [0.1, 0.15) is 44.9 Å². The number of anilines is 1. The molecule has 0 bridgehead atoms. The number of hydrogen-bond acceptors (Lipinski definition) is 4. The first-order chi connectivity index (χ1) is 10.3. The maximum atomic E-state index is 12.7. The minimum absolute atomic E-state index is 0.291. The highest BCUT2D eigenvalue weighted by Gasteiger charge is 2.27. The Labute approximate surface area is 131 Å². The molecule has 0 spiro atoms. The highest BCUT2D eigenvalue weighted by Crippen LogP contribution is 2.25. The molecule has 1 saturated carbocycles. The van der Waals surface area contributed by atoms with Gasteiger partial charge in [0.25, 0.3) is 0 Å². The lowest BCUT2D eigenvalue weighted by Crippen LogP contribution is -2.39. The molecule has 0 N–H and O–H groups in total. The number of amides is 1. The van der Waals surface area contributed by atoms with E-state index in [-0.39, 0.29) is 0 Å². The van der Waals surface area contributed by atoms with Crippen LogP contribution in [0.25, 0.3) is 0 Å². The Hall–Kier alpha value is -1.10. The van der Waals surface area contributed by atoms with Gasteiger partial charge in [-0.25, -0.2) is 4.98 Å². The van der Waals surface area contributed by atoms with E-state index in [1.807, 2.05) is 11.6 Å². The van der Waals surface area contributed by atoms with Crippen molar-refractivity contribution >= 4 is 22.4 Å². The van der Waals surface area contributed by atoms with E-state index in [9.17, 15) is 4.79 Å². The van der Waals surface area contributed by atoms with Crippen LogP contribution in [-0.2, 0) is 4.79 Å². The summed E-state index contributed by atoms with van der Waals surface area (Å²) in [4.78, 5) is 21.6. The zero-order chi connectivity index (χ0) is 14.5. The fraction of sp³-hybridized carbons (Fsp3) is 0.750. The molecule has 0 atom stereocenters. The summed E-state index contributed by atoms with van der Waals surface area (Å²) < 4.78 is 0. The van der Waals surface area contributed by atoms with E-state index >= 15 is 0 Å². The quantitative estimate of drug-likeness (QED) is 0.788. The van der Waals surface area contributed by atoms with Gasteiger partial charge in [0, 0.05) is 43.7 Å². The Balaban J connectivity index is 1.57. The summed E-state index contributed by atoms with van der Waals surface area (Å²) in [5.41, 5.74) is 0. The molecule has 1 aromatic heterocycles. The molecule has 1 amide bonds. The first-order valence-corrected chi connectivity index (χ1v) is 9.16. The second-order valence-corrected chi connectivity index (χ2v) is 7.04. The fourth-order valence-corrected chi connectivity index (χ4v) is 4.18. The zero-order valence-electron chi connectivity index (χ0n) is 12.7. The first-order valence-electron chi connectivity index (χ1n) is 8.28. The highest BCUT2D eigenvalue weighted by atomic mass is 32.1. The van der Waals surface area contributed by atoms with Crippen LogP contribution in [-0.4, -0.2) is 42.0 Å². The normalized spacial score (nSPS) is 21.9. The van der Waals surface area contributed by atoms with Crippen LogP contribution in [0.3, 0.4) is 0 Å². The molecule has 0 unspecified atom stereocenters. The van der Waals surface area contributed by atoms with E-state index in [4.69, 9.17) is 0 Å². The number of aromatic nitrogens is 1. The van der Waals surface area contributed by atoms with Gasteiger partial charge in [0.1, 0.15) is 0 Å². The van der Waals surface area contributed by atoms with Crippen molar-refractivity contribution in [2.45, 2.75) is 44.9 Å². The second kappa shape index (κ2) is 7.25. The minimum atomic E-state index is 0.291. The van der Waals surface area contributed by atoms with Crippen LogP contribution in [0.15, 0.2) is 11.6 Å². The predicted octanol–water partition coefficient (Wildman–Crippen LogP) is 3.15. The minimum Gasteiger partial charge on any atom is -0.346 e. The van der Waals surface area contributed by atoms with E-state index < -0.39 is 0 Å². The van der Waals surface area contributed by atoms with Gasteiger partial charge < -0.3 is 9.80 Å². The van der Waals surface area contributed by atoms with Gasteiger partial charge in [0.2, 0.25) is 5.91 Å². The zero-order valence-corrected chi connectivity index (χ0v) is 13.5. The van der Waals surface area contributed by atoms with Crippen molar-refractivity contribution in [3.8, 4) is 0 Å². The van der Waals surface area contributed by atoms with Gasteiger partial charge in [-0.1, -0.05) is 25.7 Å². The molecule has 116 valence electrons. The van der Waals surface area contributed by atoms with Crippen molar-refractivity contribution in [2.75, 3.05) is 31.1 Å². The van der Waals surface area contributed by atoms with E-state index in [1.165, 1.54) is 25.7 Å². The van der Waals surface area contributed by atoms with Crippen molar-refractivity contribution in [2.24, 2.45) is 5.92 Å². The van der Waals surface area contributed by atoms with Crippen molar-refractivity contribution in [3.63, 3.8) is 0 Å². The van der Waals surface area contributed by atoms with Crippen LogP contribution in [0.5, 0.6) is 0 Å². The molecular weight excluding hydrogens is 282 g/mol. The maximum Gasteiger partial charge on any atom is 0.225 e. The Morgan fingerprint density at radius 1 is 1.05 bits per heavy atom. The first kappa shape index (κ1) is 14.8. The molecule has 1 aliphatic heterocycles. The Morgan fingerprint density at radius 2 is 1.86 bits per heavy atom. The average molecular weight is 307 g/mol. The monoisotopic (exact) mass is 307 g/mol. The van der Waals surface area contributed by atoms with Crippen molar-refractivity contribution in [1.29, 1.82) is 0 Å². The van der Waals surface area contributed by atoms with E-state index in [2.05, 4.69) is 14.8 Å². The van der Waals surface area contributed by atoms with Crippen LogP contribution in [0.2, 0.25) is 0 Å². The number of carbonyl (C=O) groups excluding carboxylic acids is 1. The summed E-state index contributed by atoms with van der Waals surface area (Å²) in [6.07, 6.45) is 10.2. The van der Waals surface area contributed by atoms with Crippen molar-refractivity contribution in [3.05, 3.63) is 11.6 Å². The van der Waals surface area contributed by atoms with Gasteiger partial charge in [-0.3, -0.25) is 4.79 Å². The van der Waals surface area contributed by atoms with Crippen molar-refractivity contribution in [1.82, 2.24) is 9.88 Å². The van der Waals surface area contributed by atoms with Crippen LogP contribution < -0.4 is 4.90 Å². The van der Waals surface area contributed by atoms with Crippen LogP contribution >= 0.6 is 11.3 Å². The van der Waals surface area contributed by atoms with Crippen molar-refractivity contribution < 1.29 is 4.79 Å². The molecule has 2 aliphatic rings. The molecule has 1 aliphatic carbocycles. The SMILES string of the molecule is O=C(C1CCCCCC1)N1CCCN(c2nccs2)CC1. The topological polar surface area (TPSA) is 36.4 Å². The van der Waals surface area contributed by atoms with Gasteiger partial charge in [0.15, 0.2) is 5.13 Å². The van der Waals surface area contributed by atoms with E-state index in [0.29, 0.717) is 11.8 Å².